The molecule has 0 atom stereocenters. The number of hydrogen-bond donors (Lipinski definition) is 1. The van der Waals surface area contributed by atoms with Crippen molar-refractivity contribution >= 4 is 17.5 Å². The molecule has 0 saturated carbocycles. The topological polar surface area (TPSA) is 92.9 Å². The first kappa shape index (κ1) is 15.3. The highest BCUT2D eigenvalue weighted by atomic mass is 16.6. The Bertz CT molecular complexity index is 688. The third kappa shape index (κ3) is 3.51. The summed E-state index contributed by atoms with van der Waals surface area (Å²) in [6, 6.07) is 12.6. The van der Waals surface area contributed by atoms with Gasteiger partial charge in [-0.05, 0) is 11.6 Å². The highest BCUT2D eigenvalue weighted by molar-refractivity contribution is 5.89. The molecule has 2 rings (SSSR count). The van der Waals surface area contributed by atoms with Crippen LogP contribution in [0.1, 0.15) is 5.56 Å². The van der Waals surface area contributed by atoms with Crippen molar-refractivity contribution in [3.05, 3.63) is 64.2 Å². The smallest absolute Gasteiger partial charge is 0.414 e. The SMILES string of the molecule is CN(C(=O)OCc1ccccc1)c1ccc([N+](=O)[O-])cc1O. The van der Waals surface area contributed by atoms with Crippen molar-refractivity contribution in [2.24, 2.45) is 0 Å². The van der Waals surface area contributed by atoms with Gasteiger partial charge in [0.25, 0.3) is 5.69 Å². The van der Waals surface area contributed by atoms with E-state index < -0.39 is 11.0 Å². The van der Waals surface area contributed by atoms with Crippen molar-refractivity contribution < 1.29 is 19.6 Å². The molecule has 0 radical (unpaired) electrons. The number of phenolic OH excluding ortho intramolecular Hbond substituents is 1. The summed E-state index contributed by atoms with van der Waals surface area (Å²) in [6.07, 6.45) is -0.673. The molecule has 0 heterocycles. The molecule has 0 spiro atoms. The fraction of sp³-hybridized carbons (Fsp3) is 0.133. The molecular weight excluding hydrogens is 288 g/mol. The number of nitro groups is 1. The van der Waals surface area contributed by atoms with Crippen LogP contribution >= 0.6 is 0 Å². The Kier molecular flexibility index (Phi) is 4.57. The van der Waals surface area contributed by atoms with Gasteiger partial charge < -0.3 is 9.84 Å². The number of benzene rings is 2. The summed E-state index contributed by atoms with van der Waals surface area (Å²) >= 11 is 0. The third-order valence-corrected chi connectivity index (χ3v) is 3.01. The Morgan fingerprint density at radius 1 is 1.27 bits per heavy atom. The number of amides is 1. The molecule has 114 valence electrons. The molecule has 7 heteroatoms. The molecule has 2 aromatic carbocycles. The molecule has 0 unspecified atom stereocenters. The van der Waals surface area contributed by atoms with E-state index >= 15 is 0 Å². The van der Waals surface area contributed by atoms with Gasteiger partial charge in [-0.25, -0.2) is 4.79 Å². The minimum atomic E-state index is -0.673. The Hall–Kier alpha value is -3.09. The quantitative estimate of drug-likeness (QED) is 0.692. The first-order valence-corrected chi connectivity index (χ1v) is 6.41. The summed E-state index contributed by atoms with van der Waals surface area (Å²) in [5.41, 5.74) is 0.702. The summed E-state index contributed by atoms with van der Waals surface area (Å²) in [5.74, 6) is -0.367. The number of ether oxygens (including phenoxy) is 1. The van der Waals surface area contributed by atoms with E-state index in [1.807, 2.05) is 30.3 Å². The van der Waals surface area contributed by atoms with Crippen LogP contribution in [0.5, 0.6) is 5.75 Å². The van der Waals surface area contributed by atoms with E-state index in [4.69, 9.17) is 4.74 Å². The highest BCUT2D eigenvalue weighted by Crippen LogP contribution is 2.30. The zero-order valence-electron chi connectivity index (χ0n) is 11.8. The van der Waals surface area contributed by atoms with E-state index in [9.17, 15) is 20.0 Å². The molecule has 1 N–H and O–H groups in total. The van der Waals surface area contributed by atoms with Crippen molar-refractivity contribution in [1.29, 1.82) is 0 Å². The molecule has 0 bridgehead atoms. The van der Waals surface area contributed by atoms with Crippen molar-refractivity contribution in [1.82, 2.24) is 0 Å². The molecule has 2 aromatic rings. The van der Waals surface area contributed by atoms with E-state index in [0.29, 0.717) is 0 Å². The van der Waals surface area contributed by atoms with Crippen LogP contribution in [0.15, 0.2) is 48.5 Å². The number of aromatic hydroxyl groups is 1. The van der Waals surface area contributed by atoms with Gasteiger partial charge in [-0.15, -0.1) is 0 Å². The highest BCUT2D eigenvalue weighted by Gasteiger charge is 2.18. The molecule has 1 amide bonds. The van der Waals surface area contributed by atoms with Crippen LogP contribution in [0.4, 0.5) is 16.2 Å². The predicted molar refractivity (Wildman–Crippen MR) is 79.8 cm³/mol. The van der Waals surface area contributed by atoms with Gasteiger partial charge in [0, 0.05) is 13.1 Å². The molecular formula is C15H14N2O5. The minimum absolute atomic E-state index is 0.0950. The maximum Gasteiger partial charge on any atom is 0.414 e. The number of carbonyl (C=O) groups excluding carboxylic acids is 1. The van der Waals surface area contributed by atoms with Crippen LogP contribution in [0.25, 0.3) is 0 Å². The molecule has 22 heavy (non-hydrogen) atoms. The van der Waals surface area contributed by atoms with Gasteiger partial charge in [0.2, 0.25) is 0 Å². The minimum Gasteiger partial charge on any atom is -0.505 e. The summed E-state index contributed by atoms with van der Waals surface area (Å²) in [5, 5.41) is 20.4. The average Bonchev–Trinajstić information content (AvgIpc) is 2.52. The number of anilines is 1. The van der Waals surface area contributed by atoms with Gasteiger partial charge in [-0.2, -0.15) is 0 Å². The van der Waals surface area contributed by atoms with Gasteiger partial charge in [-0.3, -0.25) is 15.0 Å². The Balaban J connectivity index is 2.05. The van der Waals surface area contributed by atoms with Crippen LogP contribution in [0.3, 0.4) is 0 Å². The number of non-ortho nitro benzene ring substituents is 1. The summed E-state index contributed by atoms with van der Waals surface area (Å²) < 4.78 is 5.12. The van der Waals surface area contributed by atoms with E-state index in [0.717, 1.165) is 16.5 Å². The van der Waals surface area contributed by atoms with Crippen molar-refractivity contribution in [3.8, 4) is 5.75 Å². The third-order valence-electron chi connectivity index (χ3n) is 3.01. The van der Waals surface area contributed by atoms with Crippen molar-refractivity contribution in [2.45, 2.75) is 6.61 Å². The van der Waals surface area contributed by atoms with Crippen molar-refractivity contribution in [2.75, 3.05) is 11.9 Å². The second-order valence-electron chi connectivity index (χ2n) is 4.53. The number of nitro benzene ring substituents is 1. The Morgan fingerprint density at radius 2 is 1.95 bits per heavy atom. The first-order valence-electron chi connectivity index (χ1n) is 6.41. The van der Waals surface area contributed by atoms with Gasteiger partial charge in [0.05, 0.1) is 16.7 Å². The van der Waals surface area contributed by atoms with E-state index in [-0.39, 0.29) is 23.7 Å². The Labute approximate surface area is 126 Å². The van der Waals surface area contributed by atoms with Crippen LogP contribution in [-0.2, 0) is 11.3 Å². The predicted octanol–water partition coefficient (Wildman–Crippen LogP) is 3.07. The lowest BCUT2D eigenvalue weighted by molar-refractivity contribution is -0.384. The van der Waals surface area contributed by atoms with Crippen LogP contribution < -0.4 is 4.90 Å². The standard InChI is InChI=1S/C15H14N2O5/c1-16(13-8-7-12(17(20)21)9-14(13)18)15(19)22-10-11-5-3-2-4-6-11/h2-9,18H,10H2,1H3. The zero-order chi connectivity index (χ0) is 16.1. The lowest BCUT2D eigenvalue weighted by Gasteiger charge is -2.18. The summed E-state index contributed by atoms with van der Waals surface area (Å²) in [4.78, 5) is 23.0. The van der Waals surface area contributed by atoms with Crippen LogP contribution in [0.2, 0.25) is 0 Å². The van der Waals surface area contributed by atoms with Crippen molar-refractivity contribution in [3.63, 3.8) is 0 Å². The lowest BCUT2D eigenvalue weighted by Crippen LogP contribution is -2.27. The number of hydrogen-bond acceptors (Lipinski definition) is 5. The number of nitrogens with zero attached hydrogens (tertiary/aromatic N) is 2. The average molecular weight is 302 g/mol. The lowest BCUT2D eigenvalue weighted by atomic mass is 10.2. The molecule has 0 aromatic heterocycles. The molecule has 0 aliphatic heterocycles. The largest absolute Gasteiger partial charge is 0.505 e. The fourth-order valence-corrected chi connectivity index (χ4v) is 1.82. The first-order chi connectivity index (χ1) is 10.5. The van der Waals surface area contributed by atoms with Crippen LogP contribution in [-0.4, -0.2) is 23.2 Å². The molecule has 7 nitrogen and oxygen atoms in total. The molecule has 0 aliphatic rings. The van der Waals surface area contributed by atoms with Crippen LogP contribution in [0, 0.1) is 10.1 Å². The maximum atomic E-state index is 11.9. The van der Waals surface area contributed by atoms with Gasteiger partial charge in [0.1, 0.15) is 12.4 Å². The number of carbonyl (C=O) groups is 1. The van der Waals surface area contributed by atoms with E-state index in [2.05, 4.69) is 0 Å². The molecule has 0 fully saturated rings. The van der Waals surface area contributed by atoms with E-state index in [1.165, 1.54) is 19.2 Å². The second kappa shape index (κ2) is 6.57. The molecule has 0 aliphatic carbocycles. The summed E-state index contributed by atoms with van der Waals surface area (Å²) in [6.45, 7) is 0.0950. The maximum absolute atomic E-state index is 11.9. The van der Waals surface area contributed by atoms with Gasteiger partial charge in [0.15, 0.2) is 0 Å². The Morgan fingerprint density at radius 3 is 2.55 bits per heavy atom. The normalized spacial score (nSPS) is 10.0. The van der Waals surface area contributed by atoms with Gasteiger partial charge in [-0.1, -0.05) is 30.3 Å². The second-order valence-corrected chi connectivity index (χ2v) is 4.53. The van der Waals surface area contributed by atoms with E-state index in [1.54, 1.807) is 0 Å². The monoisotopic (exact) mass is 302 g/mol. The van der Waals surface area contributed by atoms with Gasteiger partial charge >= 0.3 is 6.09 Å². The number of rotatable bonds is 4. The molecule has 0 saturated heterocycles. The summed E-state index contributed by atoms with van der Waals surface area (Å²) in [7, 11) is 1.41. The number of phenols is 1. The zero-order valence-corrected chi connectivity index (χ0v) is 11.8. The fourth-order valence-electron chi connectivity index (χ4n) is 1.82.